The van der Waals surface area contributed by atoms with Gasteiger partial charge in [-0.25, -0.2) is 9.97 Å². The van der Waals surface area contributed by atoms with Gasteiger partial charge in [-0.1, -0.05) is 24.3 Å². The van der Waals surface area contributed by atoms with Gasteiger partial charge >= 0.3 is 0 Å². The van der Waals surface area contributed by atoms with Crippen LogP contribution in [0.25, 0.3) is 10.9 Å². The fourth-order valence-electron chi connectivity index (χ4n) is 3.70. The van der Waals surface area contributed by atoms with Crippen molar-refractivity contribution in [2.45, 2.75) is 26.3 Å². The number of hydrogen-bond acceptors (Lipinski definition) is 6. The van der Waals surface area contributed by atoms with Crippen LogP contribution in [-0.2, 0) is 24.2 Å². The molecule has 0 fully saturated rings. The fourth-order valence-corrected chi connectivity index (χ4v) is 3.70. The second-order valence-electron chi connectivity index (χ2n) is 7.29. The molecule has 2 aromatic carbocycles. The number of nitrogens with one attached hydrogen (secondary N) is 1. The van der Waals surface area contributed by atoms with Crippen molar-refractivity contribution in [1.82, 2.24) is 20.2 Å². The standard InChI is InChI=1S/C22H22N4O4/c1-13(27)23-10-8-19-24-17-5-3-2-4-16(17)20(25-19)22(30)26-11-9-15-14(12-26)6-7-18(28)21(15)29/h2-7,28-29H,8-12H2,1H3,(H,23,27). The Morgan fingerprint density at radius 3 is 2.73 bits per heavy atom. The van der Waals surface area contributed by atoms with Crippen LogP contribution in [-0.4, -0.2) is 50.0 Å². The molecule has 1 aromatic heterocycles. The molecule has 0 aliphatic carbocycles. The molecule has 1 aliphatic rings. The highest BCUT2D eigenvalue weighted by atomic mass is 16.3. The minimum atomic E-state index is -0.215. The monoisotopic (exact) mass is 406 g/mol. The maximum absolute atomic E-state index is 13.4. The maximum atomic E-state index is 13.4. The van der Waals surface area contributed by atoms with E-state index in [-0.39, 0.29) is 23.3 Å². The van der Waals surface area contributed by atoms with Crippen molar-refractivity contribution in [2.24, 2.45) is 0 Å². The van der Waals surface area contributed by atoms with Crippen molar-refractivity contribution in [1.29, 1.82) is 0 Å². The number of hydrogen-bond donors (Lipinski definition) is 3. The van der Waals surface area contributed by atoms with Crippen molar-refractivity contribution in [3.63, 3.8) is 0 Å². The maximum Gasteiger partial charge on any atom is 0.273 e. The minimum Gasteiger partial charge on any atom is -0.504 e. The topological polar surface area (TPSA) is 116 Å². The second-order valence-corrected chi connectivity index (χ2v) is 7.29. The number of phenols is 2. The third-order valence-electron chi connectivity index (χ3n) is 5.21. The summed E-state index contributed by atoms with van der Waals surface area (Å²) in [6.45, 7) is 2.56. The number of phenolic OH excluding ortho intramolecular Hbond substituents is 2. The molecule has 1 aliphatic heterocycles. The van der Waals surface area contributed by atoms with Crippen molar-refractivity contribution < 1.29 is 19.8 Å². The van der Waals surface area contributed by atoms with E-state index in [9.17, 15) is 19.8 Å². The van der Waals surface area contributed by atoms with Crippen molar-refractivity contribution in [3.05, 3.63) is 59.0 Å². The van der Waals surface area contributed by atoms with Crippen molar-refractivity contribution in [3.8, 4) is 11.5 Å². The summed E-state index contributed by atoms with van der Waals surface area (Å²) < 4.78 is 0. The quantitative estimate of drug-likeness (QED) is 0.570. The van der Waals surface area contributed by atoms with E-state index in [0.29, 0.717) is 60.5 Å². The molecule has 0 unspecified atom stereocenters. The Balaban J connectivity index is 1.65. The van der Waals surface area contributed by atoms with Crippen LogP contribution in [0.5, 0.6) is 11.5 Å². The van der Waals surface area contributed by atoms with E-state index in [0.717, 1.165) is 5.56 Å². The van der Waals surface area contributed by atoms with Crippen LogP contribution in [0.3, 0.4) is 0 Å². The molecule has 8 nitrogen and oxygen atoms in total. The van der Waals surface area contributed by atoms with Gasteiger partial charge in [0, 0.05) is 43.9 Å². The minimum absolute atomic E-state index is 0.118. The molecule has 2 heterocycles. The fraction of sp³-hybridized carbons (Fsp3) is 0.273. The van der Waals surface area contributed by atoms with Crippen LogP contribution in [0.4, 0.5) is 0 Å². The number of para-hydroxylation sites is 1. The van der Waals surface area contributed by atoms with E-state index < -0.39 is 0 Å². The third-order valence-corrected chi connectivity index (χ3v) is 5.21. The summed E-state index contributed by atoms with van der Waals surface area (Å²) in [6.07, 6.45) is 0.861. The van der Waals surface area contributed by atoms with Gasteiger partial charge in [0.15, 0.2) is 11.5 Å². The first kappa shape index (κ1) is 19.6. The van der Waals surface area contributed by atoms with E-state index in [4.69, 9.17) is 0 Å². The van der Waals surface area contributed by atoms with Gasteiger partial charge in [-0.05, 0) is 24.1 Å². The van der Waals surface area contributed by atoms with Gasteiger partial charge in [0.2, 0.25) is 5.91 Å². The molecule has 2 amide bonds. The van der Waals surface area contributed by atoms with E-state index in [1.165, 1.54) is 13.0 Å². The normalized spacial score (nSPS) is 13.2. The number of aromatic hydroxyl groups is 2. The Labute approximate surface area is 173 Å². The number of carbonyl (C=O) groups excluding carboxylic acids is 2. The first-order valence-corrected chi connectivity index (χ1v) is 9.76. The van der Waals surface area contributed by atoms with Gasteiger partial charge in [0.25, 0.3) is 5.91 Å². The Morgan fingerprint density at radius 2 is 1.93 bits per heavy atom. The molecule has 4 rings (SSSR count). The lowest BCUT2D eigenvalue weighted by Gasteiger charge is -2.29. The van der Waals surface area contributed by atoms with Gasteiger partial charge in [0.1, 0.15) is 11.5 Å². The highest BCUT2D eigenvalue weighted by molar-refractivity contribution is 6.04. The van der Waals surface area contributed by atoms with Crippen LogP contribution in [0, 0.1) is 0 Å². The molecular weight excluding hydrogens is 384 g/mol. The molecule has 0 atom stereocenters. The number of carbonyl (C=O) groups is 2. The number of rotatable bonds is 4. The van der Waals surface area contributed by atoms with Crippen LogP contribution < -0.4 is 5.32 Å². The molecule has 3 aromatic rings. The molecule has 30 heavy (non-hydrogen) atoms. The molecule has 0 saturated heterocycles. The van der Waals surface area contributed by atoms with E-state index in [1.807, 2.05) is 24.3 Å². The molecule has 154 valence electrons. The van der Waals surface area contributed by atoms with Gasteiger partial charge in [-0.15, -0.1) is 0 Å². The van der Waals surface area contributed by atoms with E-state index >= 15 is 0 Å². The van der Waals surface area contributed by atoms with Gasteiger partial charge in [0.05, 0.1) is 5.52 Å². The highest BCUT2D eigenvalue weighted by Crippen LogP contribution is 2.35. The molecule has 8 heteroatoms. The van der Waals surface area contributed by atoms with Crippen molar-refractivity contribution in [2.75, 3.05) is 13.1 Å². The van der Waals surface area contributed by atoms with Crippen LogP contribution >= 0.6 is 0 Å². The summed E-state index contributed by atoms with van der Waals surface area (Å²) in [6, 6.07) is 10.5. The number of amides is 2. The first-order chi connectivity index (χ1) is 14.4. The largest absolute Gasteiger partial charge is 0.504 e. The zero-order chi connectivity index (χ0) is 21.3. The number of aromatic nitrogens is 2. The van der Waals surface area contributed by atoms with Crippen LogP contribution in [0.1, 0.15) is 34.4 Å². The molecule has 0 spiro atoms. The third kappa shape index (κ3) is 3.76. The predicted octanol–water partition coefficient (Wildman–Crippen LogP) is 1.92. The van der Waals surface area contributed by atoms with Gasteiger partial charge in [-0.3, -0.25) is 9.59 Å². The van der Waals surface area contributed by atoms with Crippen molar-refractivity contribution >= 4 is 22.7 Å². The van der Waals surface area contributed by atoms with Crippen LogP contribution in [0.15, 0.2) is 36.4 Å². The number of fused-ring (bicyclic) bond motifs is 2. The zero-order valence-electron chi connectivity index (χ0n) is 16.6. The lowest BCUT2D eigenvalue weighted by atomic mass is 9.97. The summed E-state index contributed by atoms with van der Waals surface area (Å²) in [5, 5.41) is 23.2. The van der Waals surface area contributed by atoms with Gasteiger partial charge in [-0.2, -0.15) is 0 Å². The summed E-state index contributed by atoms with van der Waals surface area (Å²) in [7, 11) is 0. The average molecular weight is 406 g/mol. The molecule has 0 radical (unpaired) electrons. The van der Waals surface area contributed by atoms with Gasteiger partial charge < -0.3 is 20.4 Å². The van der Waals surface area contributed by atoms with E-state index in [1.54, 1.807) is 11.0 Å². The molecular formula is C22H22N4O4. The van der Waals surface area contributed by atoms with Crippen LogP contribution in [0.2, 0.25) is 0 Å². The summed E-state index contributed by atoms with van der Waals surface area (Å²) >= 11 is 0. The lowest BCUT2D eigenvalue weighted by molar-refractivity contribution is -0.118. The average Bonchev–Trinajstić information content (AvgIpc) is 2.75. The Bertz CT molecular complexity index is 1150. The predicted molar refractivity (Wildman–Crippen MR) is 110 cm³/mol. The SMILES string of the molecule is CC(=O)NCCc1nc(C(=O)N2CCc3c(ccc(O)c3O)C2)c2ccccc2n1. The Morgan fingerprint density at radius 1 is 1.13 bits per heavy atom. The van der Waals surface area contributed by atoms with E-state index in [2.05, 4.69) is 15.3 Å². The first-order valence-electron chi connectivity index (χ1n) is 9.76. The zero-order valence-corrected chi connectivity index (χ0v) is 16.6. The lowest BCUT2D eigenvalue weighted by Crippen LogP contribution is -2.36. The second kappa shape index (κ2) is 7.98. The summed E-state index contributed by atoms with van der Waals surface area (Å²) in [5.74, 6) is -0.127. The summed E-state index contributed by atoms with van der Waals surface area (Å²) in [5.41, 5.74) is 2.47. The highest BCUT2D eigenvalue weighted by Gasteiger charge is 2.27. The molecule has 0 bridgehead atoms. The summed E-state index contributed by atoms with van der Waals surface area (Å²) in [4.78, 5) is 35.2. The smallest absolute Gasteiger partial charge is 0.273 e. The molecule has 0 saturated carbocycles. The Kier molecular flexibility index (Phi) is 5.22. The number of benzene rings is 2. The Hall–Kier alpha value is -3.68. The number of nitrogens with zero attached hydrogens (tertiary/aromatic N) is 3. The molecule has 3 N–H and O–H groups in total.